The van der Waals surface area contributed by atoms with Crippen LogP contribution < -0.4 is 15.0 Å². The molecule has 4 atom stereocenters. The van der Waals surface area contributed by atoms with Gasteiger partial charge in [0.05, 0.1) is 43.1 Å². The van der Waals surface area contributed by atoms with Gasteiger partial charge in [-0.3, -0.25) is 4.57 Å². The monoisotopic (exact) mass is 569 g/mol. The Labute approximate surface area is 241 Å². The molecule has 4 N–H and O–H groups in total. The first kappa shape index (κ1) is 29.6. The SMILES string of the molecule is CN(C)CCCCOc1cc(CNc2nc3ccccc3n2C2OC(CO)C(O)C2(C)O)ccc1N1CCOCC1. The van der Waals surface area contributed by atoms with Crippen LogP contribution in [0.4, 0.5) is 11.6 Å². The second-order valence-corrected chi connectivity index (χ2v) is 11.3. The molecule has 4 unspecified atom stereocenters. The Morgan fingerprint density at radius 3 is 2.66 bits per heavy atom. The van der Waals surface area contributed by atoms with Crippen molar-refractivity contribution in [3.8, 4) is 5.75 Å². The van der Waals surface area contributed by atoms with Crippen LogP contribution in [0.5, 0.6) is 5.75 Å². The normalized spacial score (nSPS) is 24.9. The summed E-state index contributed by atoms with van der Waals surface area (Å²) < 4.78 is 19.6. The molecule has 0 bridgehead atoms. The highest BCUT2D eigenvalue weighted by Crippen LogP contribution is 2.41. The van der Waals surface area contributed by atoms with Crippen molar-refractivity contribution in [2.45, 2.75) is 50.3 Å². The van der Waals surface area contributed by atoms with Crippen molar-refractivity contribution in [2.24, 2.45) is 0 Å². The predicted molar refractivity (Wildman–Crippen MR) is 157 cm³/mol. The molecule has 0 saturated carbocycles. The summed E-state index contributed by atoms with van der Waals surface area (Å²) in [7, 11) is 4.16. The van der Waals surface area contributed by atoms with E-state index in [1.54, 1.807) is 4.57 Å². The van der Waals surface area contributed by atoms with Gasteiger partial charge in [0, 0.05) is 19.6 Å². The maximum Gasteiger partial charge on any atom is 0.206 e. The fourth-order valence-corrected chi connectivity index (χ4v) is 5.51. The molecule has 2 aliphatic rings. The van der Waals surface area contributed by atoms with Gasteiger partial charge in [-0.25, -0.2) is 4.98 Å². The molecule has 3 aromatic rings. The fourth-order valence-electron chi connectivity index (χ4n) is 5.51. The summed E-state index contributed by atoms with van der Waals surface area (Å²) in [5.74, 6) is 1.34. The van der Waals surface area contributed by atoms with Crippen LogP contribution in [0.2, 0.25) is 0 Å². The summed E-state index contributed by atoms with van der Waals surface area (Å²) >= 11 is 0. The van der Waals surface area contributed by atoms with Crippen molar-refractivity contribution < 1.29 is 29.5 Å². The summed E-state index contributed by atoms with van der Waals surface area (Å²) in [5, 5.41) is 35.0. The number of aliphatic hydroxyl groups is 3. The van der Waals surface area contributed by atoms with Gasteiger partial charge in [-0.15, -0.1) is 0 Å². The van der Waals surface area contributed by atoms with Gasteiger partial charge in [0.1, 0.15) is 23.6 Å². The Morgan fingerprint density at radius 2 is 1.93 bits per heavy atom. The van der Waals surface area contributed by atoms with Crippen LogP contribution in [0.3, 0.4) is 0 Å². The summed E-state index contributed by atoms with van der Waals surface area (Å²) in [5.41, 5.74) is 1.91. The highest BCUT2D eigenvalue weighted by Gasteiger charge is 2.53. The zero-order chi connectivity index (χ0) is 29.0. The number of aliphatic hydroxyl groups excluding tert-OH is 2. The van der Waals surface area contributed by atoms with E-state index >= 15 is 0 Å². The van der Waals surface area contributed by atoms with E-state index in [-0.39, 0.29) is 0 Å². The molecule has 0 aliphatic carbocycles. The van der Waals surface area contributed by atoms with E-state index in [1.807, 2.05) is 24.3 Å². The Kier molecular flexibility index (Phi) is 9.32. The number of unbranched alkanes of at least 4 members (excludes halogenated alkanes) is 1. The molecule has 0 spiro atoms. The maximum absolute atomic E-state index is 11.2. The van der Waals surface area contributed by atoms with Crippen LogP contribution in [-0.4, -0.2) is 108 Å². The van der Waals surface area contributed by atoms with Gasteiger partial charge < -0.3 is 44.6 Å². The Balaban J connectivity index is 1.38. The van der Waals surface area contributed by atoms with E-state index in [9.17, 15) is 15.3 Å². The van der Waals surface area contributed by atoms with Crippen molar-refractivity contribution in [1.82, 2.24) is 14.5 Å². The molecule has 41 heavy (non-hydrogen) atoms. The third-order valence-electron chi connectivity index (χ3n) is 7.85. The number of hydrogen-bond donors (Lipinski definition) is 4. The number of rotatable bonds is 12. The van der Waals surface area contributed by atoms with Crippen molar-refractivity contribution in [3.05, 3.63) is 48.0 Å². The Hall–Kier alpha value is -2.93. The number of para-hydroxylation sites is 2. The smallest absolute Gasteiger partial charge is 0.206 e. The molecule has 224 valence electrons. The van der Waals surface area contributed by atoms with Gasteiger partial charge in [0.15, 0.2) is 6.23 Å². The van der Waals surface area contributed by atoms with Gasteiger partial charge in [-0.2, -0.15) is 0 Å². The van der Waals surface area contributed by atoms with Gasteiger partial charge in [-0.05, 0) is 70.2 Å². The number of fused-ring (bicyclic) bond motifs is 1. The number of imidazole rings is 1. The molecule has 1 aromatic heterocycles. The quantitative estimate of drug-likeness (QED) is 0.241. The molecule has 2 aliphatic heterocycles. The third kappa shape index (κ3) is 6.45. The lowest BCUT2D eigenvalue weighted by atomic mass is 9.96. The topological polar surface area (TPSA) is 125 Å². The number of hydrogen-bond acceptors (Lipinski definition) is 10. The molecule has 11 heteroatoms. The van der Waals surface area contributed by atoms with E-state index in [4.69, 9.17) is 19.2 Å². The van der Waals surface area contributed by atoms with Gasteiger partial charge in [-0.1, -0.05) is 18.2 Å². The van der Waals surface area contributed by atoms with Gasteiger partial charge >= 0.3 is 0 Å². The highest BCUT2D eigenvalue weighted by atomic mass is 16.6. The van der Waals surface area contributed by atoms with E-state index in [0.717, 1.165) is 60.5 Å². The molecule has 11 nitrogen and oxygen atoms in total. The number of morpholine rings is 1. The molecule has 0 amide bonds. The predicted octanol–water partition coefficient (Wildman–Crippen LogP) is 2.21. The number of aromatic nitrogens is 2. The van der Waals surface area contributed by atoms with Crippen molar-refractivity contribution >= 4 is 22.7 Å². The minimum Gasteiger partial charge on any atom is -0.491 e. The van der Waals surface area contributed by atoms with Crippen LogP contribution in [0, 0.1) is 0 Å². The molecule has 0 radical (unpaired) electrons. The number of ether oxygens (including phenoxy) is 3. The Bertz CT molecular complexity index is 1290. The van der Waals surface area contributed by atoms with E-state index in [2.05, 4.69) is 47.4 Å². The molecule has 5 rings (SSSR count). The fraction of sp³-hybridized carbons (Fsp3) is 0.567. The first-order valence-corrected chi connectivity index (χ1v) is 14.4. The molecular formula is C30H43N5O6. The van der Waals surface area contributed by atoms with Crippen LogP contribution in [-0.2, 0) is 16.0 Å². The standard InChI is InChI=1S/C30H43N5O6/c1-30(38)27(37)26(20-36)41-28(30)35-23-9-5-4-8-22(23)32-29(35)31-19-21-10-11-24(34-13-16-39-17-14-34)25(18-21)40-15-7-6-12-33(2)3/h4-5,8-11,18,26-28,36-38H,6-7,12-17,19-20H2,1-3H3,(H,31,32). The lowest BCUT2D eigenvalue weighted by Crippen LogP contribution is -2.44. The van der Waals surface area contributed by atoms with Crippen LogP contribution in [0.25, 0.3) is 11.0 Å². The third-order valence-corrected chi connectivity index (χ3v) is 7.85. The van der Waals surface area contributed by atoms with Crippen LogP contribution >= 0.6 is 0 Å². The lowest BCUT2D eigenvalue weighted by Gasteiger charge is -2.30. The van der Waals surface area contributed by atoms with Gasteiger partial charge in [0.2, 0.25) is 5.95 Å². The number of benzene rings is 2. The average Bonchev–Trinajstić information content (AvgIpc) is 3.44. The van der Waals surface area contributed by atoms with Crippen LogP contribution in [0.15, 0.2) is 42.5 Å². The van der Waals surface area contributed by atoms with Gasteiger partial charge in [0.25, 0.3) is 0 Å². The lowest BCUT2D eigenvalue weighted by molar-refractivity contribution is -0.0939. The highest BCUT2D eigenvalue weighted by molar-refractivity contribution is 5.79. The molecule has 2 saturated heterocycles. The van der Waals surface area contributed by atoms with E-state index in [0.29, 0.717) is 32.3 Å². The molecular weight excluding hydrogens is 526 g/mol. The second kappa shape index (κ2) is 12.9. The summed E-state index contributed by atoms with van der Waals surface area (Å²) in [4.78, 5) is 9.25. The minimum absolute atomic E-state index is 0.406. The first-order valence-electron chi connectivity index (χ1n) is 14.4. The van der Waals surface area contributed by atoms with E-state index in [1.165, 1.54) is 6.92 Å². The van der Waals surface area contributed by atoms with Crippen LogP contribution in [0.1, 0.15) is 31.6 Å². The van der Waals surface area contributed by atoms with Crippen molar-refractivity contribution in [2.75, 3.05) is 70.4 Å². The summed E-state index contributed by atoms with van der Waals surface area (Å²) in [6.07, 6.45) is -1.08. The molecule has 2 fully saturated rings. The zero-order valence-electron chi connectivity index (χ0n) is 24.2. The molecule has 3 heterocycles. The Morgan fingerprint density at radius 1 is 1.15 bits per heavy atom. The molecule has 2 aromatic carbocycles. The second-order valence-electron chi connectivity index (χ2n) is 11.3. The minimum atomic E-state index is -1.64. The summed E-state index contributed by atoms with van der Waals surface area (Å²) in [6, 6.07) is 13.8. The van der Waals surface area contributed by atoms with E-state index < -0.39 is 30.6 Å². The van der Waals surface area contributed by atoms with Crippen molar-refractivity contribution in [3.63, 3.8) is 0 Å². The summed E-state index contributed by atoms with van der Waals surface area (Å²) in [6.45, 7) is 6.26. The maximum atomic E-state index is 11.2. The number of nitrogens with zero attached hydrogens (tertiary/aromatic N) is 4. The number of anilines is 2. The largest absolute Gasteiger partial charge is 0.491 e. The zero-order valence-corrected chi connectivity index (χ0v) is 24.2. The first-order chi connectivity index (χ1) is 19.8. The average molecular weight is 570 g/mol. The van der Waals surface area contributed by atoms with Crippen molar-refractivity contribution in [1.29, 1.82) is 0 Å². The number of nitrogens with one attached hydrogen (secondary N) is 1.